The molecule has 0 atom stereocenters. The van der Waals surface area contributed by atoms with E-state index in [4.69, 9.17) is 10.6 Å². The van der Waals surface area contributed by atoms with Crippen molar-refractivity contribution in [2.45, 2.75) is 6.54 Å². The first kappa shape index (κ1) is 6.56. The molecule has 1 aromatic rings. The highest BCUT2D eigenvalue weighted by Crippen LogP contribution is 2.03. The van der Waals surface area contributed by atoms with Crippen LogP contribution < -0.4 is 0 Å². The summed E-state index contributed by atoms with van der Waals surface area (Å²) >= 11 is 0. The first-order valence-electron chi connectivity index (χ1n) is 6.41. The molecule has 0 radical (unpaired) electrons. The zero-order chi connectivity index (χ0) is 13.8. The smallest absolute Gasteiger partial charge is 0.0577 e. The lowest BCUT2D eigenvalue weighted by Crippen LogP contribution is -2.29. The quantitative estimate of drug-likeness (QED) is 0.700. The second-order valence-electron chi connectivity index (χ2n) is 2.85. The molecule has 0 spiro atoms. The van der Waals surface area contributed by atoms with E-state index >= 15 is 0 Å². The fraction of sp³-hybridized carbons (Fsp3) is 0.455. The minimum absolute atomic E-state index is 0.0675. The minimum atomic E-state index is -3.00. The molecule has 3 heteroatoms. The van der Waals surface area contributed by atoms with Crippen molar-refractivity contribution < 1.29 is 15.7 Å². The lowest BCUT2D eigenvalue weighted by Gasteiger charge is -2.19. The maximum Gasteiger partial charge on any atom is 0.0577 e. The summed E-state index contributed by atoms with van der Waals surface area (Å²) in [5.74, 6) is 0. The van der Waals surface area contributed by atoms with Crippen LogP contribution in [0.2, 0.25) is 0 Å². The number of nitrogens with zero attached hydrogens (tertiary/aromatic N) is 1. The van der Waals surface area contributed by atoms with Gasteiger partial charge in [0.05, 0.1) is 15.9 Å². The highest BCUT2D eigenvalue weighted by molar-refractivity contribution is 5.14. The molecule has 0 unspecified atom stereocenters. The largest absolute Gasteiger partial charge is 0.395 e. The molecule has 0 heterocycles. The van der Waals surface area contributed by atoms with Crippen LogP contribution in [-0.2, 0) is 6.54 Å². The van der Waals surface area contributed by atoms with E-state index in [1.807, 2.05) is 6.07 Å². The van der Waals surface area contributed by atoms with Crippen molar-refractivity contribution in [1.82, 2.24) is 4.90 Å². The van der Waals surface area contributed by atoms with Crippen LogP contribution in [0.25, 0.3) is 0 Å². The summed E-state index contributed by atoms with van der Waals surface area (Å²) in [6.45, 7) is -5.86. The molecule has 14 heavy (non-hydrogen) atoms. The molecule has 0 saturated heterocycles. The third-order valence-corrected chi connectivity index (χ3v) is 1.79. The number of benzene rings is 1. The van der Waals surface area contributed by atoms with Gasteiger partial charge in [0.25, 0.3) is 0 Å². The minimum Gasteiger partial charge on any atom is -0.395 e. The molecule has 1 aromatic carbocycles. The van der Waals surface area contributed by atoms with E-state index in [2.05, 4.69) is 0 Å². The van der Waals surface area contributed by atoms with Crippen molar-refractivity contribution in [1.29, 1.82) is 0 Å². The Bertz CT molecular complexity index is 367. The molecule has 3 nitrogen and oxygen atoms in total. The number of aliphatic hydroxyl groups is 2. The monoisotopic (exact) mass is 199 g/mol. The zero-order valence-corrected chi connectivity index (χ0v) is 7.85. The Kier molecular flexibility index (Phi) is 3.06. The molecule has 0 aliphatic carbocycles. The Balaban J connectivity index is 2.90. The molecule has 2 N–H and O–H groups in total. The molecule has 0 amide bonds. The van der Waals surface area contributed by atoms with Crippen LogP contribution >= 0.6 is 0 Å². The van der Waals surface area contributed by atoms with Crippen molar-refractivity contribution in [3.05, 3.63) is 35.9 Å². The van der Waals surface area contributed by atoms with E-state index in [-0.39, 0.29) is 19.7 Å². The van der Waals surface area contributed by atoms with E-state index in [1.165, 1.54) is 0 Å². The molecular weight excluding hydrogens is 178 g/mol. The summed E-state index contributed by atoms with van der Waals surface area (Å²) in [7, 11) is 0. The normalized spacial score (nSPS) is 17.1. The Hall–Kier alpha value is -0.900. The molecule has 0 aliphatic rings. The van der Waals surface area contributed by atoms with Crippen molar-refractivity contribution in [3.63, 3.8) is 0 Å². The zero-order valence-electron chi connectivity index (χ0n) is 11.8. The van der Waals surface area contributed by atoms with Gasteiger partial charge in [0, 0.05) is 22.3 Å². The average molecular weight is 199 g/mol. The van der Waals surface area contributed by atoms with Crippen LogP contribution in [0.4, 0.5) is 0 Å². The van der Waals surface area contributed by atoms with Crippen LogP contribution in [0.5, 0.6) is 0 Å². The van der Waals surface area contributed by atoms with Gasteiger partial charge in [-0.2, -0.15) is 0 Å². The summed E-state index contributed by atoms with van der Waals surface area (Å²) in [6, 6.07) is 8.94. The maximum absolute atomic E-state index is 9.26. The first-order chi connectivity index (χ1) is 8.29. The molecule has 0 saturated carbocycles. The summed E-state index contributed by atoms with van der Waals surface area (Å²) in [6.07, 6.45) is 0. The van der Waals surface area contributed by atoms with Gasteiger partial charge in [-0.25, -0.2) is 0 Å². The highest BCUT2D eigenvalue weighted by atomic mass is 16.3. The highest BCUT2D eigenvalue weighted by Gasteiger charge is 2.03. The van der Waals surface area contributed by atoms with Gasteiger partial charge in [0.2, 0.25) is 0 Å². The maximum atomic E-state index is 9.26. The van der Waals surface area contributed by atoms with Crippen molar-refractivity contribution >= 4 is 0 Å². The molecule has 1 rings (SSSR count). The van der Waals surface area contributed by atoms with E-state index in [9.17, 15) is 5.11 Å². The topological polar surface area (TPSA) is 43.7 Å². The van der Waals surface area contributed by atoms with Gasteiger partial charge < -0.3 is 10.2 Å². The average Bonchev–Trinajstić information content (AvgIpc) is 2.28. The molecule has 0 aliphatic heterocycles. The lowest BCUT2D eigenvalue weighted by molar-refractivity contribution is 0.156. The molecule has 0 aromatic heterocycles. The van der Waals surface area contributed by atoms with E-state index in [0.29, 0.717) is 0 Å². The van der Waals surface area contributed by atoms with Crippen molar-refractivity contribution in [3.8, 4) is 0 Å². The number of rotatable bonds is 6. The standard InChI is InChI=1S/C11H17NO2/c13-8-6-12(7-9-14)10-11-4-2-1-3-5-11/h1-5,13-14H,6-10H2/i6D2,8D2. The van der Waals surface area contributed by atoms with E-state index in [1.54, 1.807) is 24.3 Å². The van der Waals surface area contributed by atoms with Crippen molar-refractivity contribution in [2.24, 2.45) is 0 Å². The molecule has 0 bridgehead atoms. The summed E-state index contributed by atoms with van der Waals surface area (Å²) in [4.78, 5) is 1.07. The third-order valence-electron chi connectivity index (χ3n) is 1.79. The SMILES string of the molecule is [2H]C([2H])(O)C([2H])([2H])N(CCO)Cc1ccccc1. The van der Waals surface area contributed by atoms with Crippen LogP contribution in [0.15, 0.2) is 30.3 Å². The number of aliphatic hydroxyl groups excluding tert-OH is 1. The van der Waals surface area contributed by atoms with Gasteiger partial charge in [-0.1, -0.05) is 30.3 Å². The van der Waals surface area contributed by atoms with E-state index in [0.717, 1.165) is 10.5 Å². The molecule has 0 fully saturated rings. The summed E-state index contributed by atoms with van der Waals surface area (Å²) in [5, 5.41) is 18.2. The summed E-state index contributed by atoms with van der Waals surface area (Å²) in [5.41, 5.74) is 0.777. The molecule has 78 valence electrons. The number of hydrogen-bond donors (Lipinski definition) is 2. The van der Waals surface area contributed by atoms with Crippen LogP contribution in [-0.4, -0.2) is 41.3 Å². The summed E-state index contributed by atoms with van der Waals surface area (Å²) < 4.78 is 29.6. The number of hydrogen-bond acceptors (Lipinski definition) is 3. The van der Waals surface area contributed by atoms with Crippen molar-refractivity contribution in [2.75, 3.05) is 26.2 Å². The van der Waals surface area contributed by atoms with Gasteiger partial charge in [-0.15, -0.1) is 0 Å². The van der Waals surface area contributed by atoms with Gasteiger partial charge in [0.1, 0.15) is 0 Å². The fourth-order valence-electron chi connectivity index (χ4n) is 1.17. The van der Waals surface area contributed by atoms with E-state index < -0.39 is 13.1 Å². The second kappa shape index (κ2) is 6.54. The first-order valence-corrected chi connectivity index (χ1v) is 4.41. The Morgan fingerprint density at radius 2 is 1.93 bits per heavy atom. The van der Waals surface area contributed by atoms with Gasteiger partial charge >= 0.3 is 0 Å². The fourth-order valence-corrected chi connectivity index (χ4v) is 1.17. The van der Waals surface area contributed by atoms with Gasteiger partial charge in [-0.05, 0) is 5.56 Å². The predicted octanol–water partition coefficient (Wildman–Crippen LogP) is 0.473. The Morgan fingerprint density at radius 1 is 1.21 bits per heavy atom. The molecular formula is C11H17NO2. The van der Waals surface area contributed by atoms with Gasteiger partial charge in [0.15, 0.2) is 0 Å². The van der Waals surface area contributed by atoms with Crippen LogP contribution in [0.1, 0.15) is 11.0 Å². The van der Waals surface area contributed by atoms with Crippen LogP contribution in [0.3, 0.4) is 0 Å². The third kappa shape index (κ3) is 3.87. The Labute approximate surface area is 90.2 Å². The second-order valence-corrected chi connectivity index (χ2v) is 2.85. The lowest BCUT2D eigenvalue weighted by atomic mass is 10.2. The predicted molar refractivity (Wildman–Crippen MR) is 55.9 cm³/mol. The van der Waals surface area contributed by atoms with Crippen LogP contribution in [0, 0.1) is 0 Å². The van der Waals surface area contributed by atoms with Gasteiger partial charge in [-0.3, -0.25) is 4.90 Å². The Morgan fingerprint density at radius 3 is 2.50 bits per heavy atom.